The molecule has 88 valence electrons. The van der Waals surface area contributed by atoms with Crippen LogP contribution in [0, 0.1) is 0 Å². The molecule has 0 bridgehead atoms. The van der Waals surface area contributed by atoms with Crippen molar-refractivity contribution in [2.45, 2.75) is 12.9 Å². The Morgan fingerprint density at radius 1 is 1.19 bits per heavy atom. The molecule has 0 aliphatic carbocycles. The summed E-state index contributed by atoms with van der Waals surface area (Å²) in [7, 11) is 3.16. The maximum absolute atomic E-state index is 5.51. The smallest absolute Gasteiger partial charge is 0.181 e. The van der Waals surface area contributed by atoms with E-state index in [-0.39, 0.29) is 0 Å². The molecule has 0 fully saturated rings. The molecule has 0 radical (unpaired) electrons. The fourth-order valence-corrected chi connectivity index (χ4v) is 1.37. The third-order valence-electron chi connectivity index (χ3n) is 2.16. The lowest BCUT2D eigenvalue weighted by Crippen LogP contribution is -2.18. The third kappa shape index (κ3) is 4.14. The Balaban J connectivity index is 2.28. The zero-order valence-electron chi connectivity index (χ0n) is 9.81. The summed E-state index contributed by atoms with van der Waals surface area (Å²) in [6, 6.07) is 10.00. The first-order valence-corrected chi connectivity index (χ1v) is 5.13. The van der Waals surface area contributed by atoms with E-state index >= 15 is 0 Å². The molecule has 0 heterocycles. The van der Waals surface area contributed by atoms with Gasteiger partial charge in [-0.15, -0.1) is 0 Å². The van der Waals surface area contributed by atoms with E-state index in [1.165, 1.54) is 0 Å². The Bertz CT molecular complexity index is 304. The lowest BCUT2D eigenvalue weighted by molar-refractivity contribution is -0.0821. The summed E-state index contributed by atoms with van der Waals surface area (Å²) < 4.78 is 15.6. The molecule has 0 saturated heterocycles. The highest BCUT2D eigenvalue weighted by Crippen LogP contribution is 2.07. The van der Waals surface area contributed by atoms with Crippen LogP contribution in [0.1, 0.15) is 5.56 Å². The minimum absolute atomic E-state index is 0.393. The Labute approximate surface area is 96.6 Å². The van der Waals surface area contributed by atoms with Crippen molar-refractivity contribution in [2.75, 3.05) is 20.8 Å². The molecule has 3 heteroatoms. The van der Waals surface area contributed by atoms with Crippen LogP contribution in [0.5, 0.6) is 0 Å². The molecule has 0 unspecified atom stereocenters. The molecule has 0 spiro atoms. The van der Waals surface area contributed by atoms with Crippen molar-refractivity contribution in [1.82, 2.24) is 0 Å². The zero-order valence-corrected chi connectivity index (χ0v) is 9.81. The average molecular weight is 222 g/mol. The maximum Gasteiger partial charge on any atom is 0.181 e. The second kappa shape index (κ2) is 7.17. The number of benzene rings is 1. The first-order valence-electron chi connectivity index (χ1n) is 5.13. The molecule has 0 aliphatic rings. The van der Waals surface area contributed by atoms with E-state index in [1.807, 2.05) is 30.3 Å². The molecule has 0 aliphatic heterocycles. The van der Waals surface area contributed by atoms with Crippen LogP contribution >= 0.6 is 0 Å². The summed E-state index contributed by atoms with van der Waals surface area (Å²) in [4.78, 5) is 0. The maximum atomic E-state index is 5.51. The standard InChI is InChI=1S/C13H18O3/c1-11(13(14-2)15-3)9-16-10-12-7-5-4-6-8-12/h4-8,13H,1,9-10H2,2-3H3. The minimum atomic E-state index is -0.393. The van der Waals surface area contributed by atoms with Gasteiger partial charge in [-0.25, -0.2) is 0 Å². The van der Waals surface area contributed by atoms with Crippen LogP contribution in [-0.2, 0) is 20.8 Å². The van der Waals surface area contributed by atoms with Gasteiger partial charge in [0.25, 0.3) is 0 Å². The molecule has 0 aromatic heterocycles. The molecule has 0 amide bonds. The molecular weight excluding hydrogens is 204 g/mol. The van der Waals surface area contributed by atoms with Crippen molar-refractivity contribution < 1.29 is 14.2 Å². The van der Waals surface area contributed by atoms with E-state index in [1.54, 1.807) is 14.2 Å². The van der Waals surface area contributed by atoms with Crippen LogP contribution in [-0.4, -0.2) is 27.1 Å². The number of hydrogen-bond donors (Lipinski definition) is 0. The second-order valence-corrected chi connectivity index (χ2v) is 3.44. The predicted molar refractivity (Wildman–Crippen MR) is 63.0 cm³/mol. The van der Waals surface area contributed by atoms with Crippen LogP contribution in [0.15, 0.2) is 42.5 Å². The quantitative estimate of drug-likeness (QED) is 0.523. The molecule has 1 rings (SSSR count). The van der Waals surface area contributed by atoms with Crippen molar-refractivity contribution in [2.24, 2.45) is 0 Å². The summed E-state index contributed by atoms with van der Waals surface area (Å²) in [5.41, 5.74) is 1.92. The average Bonchev–Trinajstić information content (AvgIpc) is 2.32. The molecule has 16 heavy (non-hydrogen) atoms. The summed E-state index contributed by atoms with van der Waals surface area (Å²) in [5, 5.41) is 0. The topological polar surface area (TPSA) is 27.7 Å². The van der Waals surface area contributed by atoms with E-state index in [2.05, 4.69) is 6.58 Å². The van der Waals surface area contributed by atoms with Gasteiger partial charge in [-0.3, -0.25) is 0 Å². The fourth-order valence-electron chi connectivity index (χ4n) is 1.37. The lowest BCUT2D eigenvalue weighted by atomic mass is 10.2. The van der Waals surface area contributed by atoms with Crippen molar-refractivity contribution in [1.29, 1.82) is 0 Å². The van der Waals surface area contributed by atoms with E-state index in [9.17, 15) is 0 Å². The Morgan fingerprint density at radius 2 is 1.81 bits per heavy atom. The Hall–Kier alpha value is -1.16. The van der Waals surface area contributed by atoms with Crippen LogP contribution in [0.4, 0.5) is 0 Å². The molecule has 0 N–H and O–H groups in total. The van der Waals surface area contributed by atoms with Gasteiger partial charge in [-0.05, 0) is 5.56 Å². The second-order valence-electron chi connectivity index (χ2n) is 3.44. The highest BCUT2D eigenvalue weighted by atomic mass is 16.7. The van der Waals surface area contributed by atoms with Crippen molar-refractivity contribution >= 4 is 0 Å². The molecule has 1 aromatic carbocycles. The van der Waals surface area contributed by atoms with Crippen LogP contribution in [0.3, 0.4) is 0 Å². The van der Waals surface area contributed by atoms with Gasteiger partial charge in [-0.2, -0.15) is 0 Å². The van der Waals surface area contributed by atoms with Crippen LogP contribution < -0.4 is 0 Å². The SMILES string of the molecule is C=C(COCc1ccccc1)C(OC)OC. The highest BCUT2D eigenvalue weighted by Gasteiger charge is 2.09. The van der Waals surface area contributed by atoms with Gasteiger partial charge in [-0.1, -0.05) is 36.9 Å². The lowest BCUT2D eigenvalue weighted by Gasteiger charge is -2.16. The Morgan fingerprint density at radius 3 is 2.38 bits per heavy atom. The number of methoxy groups -OCH3 is 2. The first-order chi connectivity index (χ1) is 7.77. The summed E-state index contributed by atoms with van der Waals surface area (Å²) in [6.07, 6.45) is -0.393. The first kappa shape index (κ1) is 12.9. The summed E-state index contributed by atoms with van der Waals surface area (Å²) in [5.74, 6) is 0. The van der Waals surface area contributed by atoms with Gasteiger partial charge in [0.15, 0.2) is 6.29 Å². The van der Waals surface area contributed by atoms with Crippen LogP contribution in [0.25, 0.3) is 0 Å². The molecule has 0 saturated carbocycles. The largest absolute Gasteiger partial charge is 0.372 e. The van der Waals surface area contributed by atoms with E-state index < -0.39 is 6.29 Å². The zero-order chi connectivity index (χ0) is 11.8. The van der Waals surface area contributed by atoms with E-state index in [0.717, 1.165) is 11.1 Å². The number of rotatable bonds is 7. The molecular formula is C13H18O3. The van der Waals surface area contributed by atoms with E-state index in [4.69, 9.17) is 14.2 Å². The monoisotopic (exact) mass is 222 g/mol. The molecule has 1 aromatic rings. The van der Waals surface area contributed by atoms with Gasteiger partial charge >= 0.3 is 0 Å². The number of hydrogen-bond acceptors (Lipinski definition) is 3. The summed E-state index contributed by atoms with van der Waals surface area (Å²) in [6.45, 7) is 4.85. The third-order valence-corrected chi connectivity index (χ3v) is 2.16. The molecule has 3 nitrogen and oxygen atoms in total. The van der Waals surface area contributed by atoms with Crippen molar-refractivity contribution in [3.63, 3.8) is 0 Å². The molecule has 0 atom stereocenters. The fraction of sp³-hybridized carbons (Fsp3) is 0.385. The minimum Gasteiger partial charge on any atom is -0.372 e. The van der Waals surface area contributed by atoms with Gasteiger partial charge in [0.1, 0.15) is 0 Å². The van der Waals surface area contributed by atoms with Gasteiger partial charge < -0.3 is 14.2 Å². The normalized spacial score (nSPS) is 10.7. The van der Waals surface area contributed by atoms with Gasteiger partial charge in [0, 0.05) is 19.8 Å². The van der Waals surface area contributed by atoms with Gasteiger partial charge in [0.05, 0.1) is 13.2 Å². The van der Waals surface area contributed by atoms with E-state index in [0.29, 0.717) is 13.2 Å². The summed E-state index contributed by atoms with van der Waals surface area (Å²) >= 11 is 0. The van der Waals surface area contributed by atoms with Crippen molar-refractivity contribution in [3.05, 3.63) is 48.0 Å². The van der Waals surface area contributed by atoms with Crippen molar-refractivity contribution in [3.8, 4) is 0 Å². The highest BCUT2D eigenvalue weighted by molar-refractivity contribution is 5.13. The van der Waals surface area contributed by atoms with Crippen LogP contribution in [0.2, 0.25) is 0 Å². The number of ether oxygens (including phenoxy) is 3. The van der Waals surface area contributed by atoms with Gasteiger partial charge in [0.2, 0.25) is 0 Å². The Kier molecular flexibility index (Phi) is 5.78. The predicted octanol–water partition coefficient (Wildman–Crippen LogP) is 2.38.